The van der Waals surface area contributed by atoms with Gasteiger partial charge in [-0.25, -0.2) is 9.97 Å². The normalized spacial score (nSPS) is 10.7. The van der Waals surface area contributed by atoms with Gasteiger partial charge in [0, 0.05) is 28.4 Å². The maximum Gasteiger partial charge on any atom is 0.257 e. The monoisotopic (exact) mass is 394 g/mol. The van der Waals surface area contributed by atoms with Crippen LogP contribution in [-0.2, 0) is 0 Å². The number of para-hydroxylation sites is 1. The first kappa shape index (κ1) is 17.4. The number of benzene rings is 2. The van der Waals surface area contributed by atoms with Gasteiger partial charge in [-0.1, -0.05) is 47.5 Å². The van der Waals surface area contributed by atoms with Crippen molar-refractivity contribution >= 4 is 45.8 Å². The molecule has 0 radical (unpaired) electrons. The number of carbonyl (C=O) groups is 1. The summed E-state index contributed by atoms with van der Waals surface area (Å²) in [4.78, 5) is 25.6. The van der Waals surface area contributed by atoms with Gasteiger partial charge in [-0.3, -0.25) is 9.78 Å². The molecule has 0 aliphatic heterocycles. The topological polar surface area (TPSA) is 67.8 Å². The lowest BCUT2D eigenvalue weighted by molar-refractivity contribution is 0.102. The number of nitrogens with zero attached hydrogens (tertiary/aromatic N) is 3. The van der Waals surface area contributed by atoms with Crippen molar-refractivity contribution in [3.8, 4) is 11.3 Å². The minimum Gasteiger partial charge on any atom is -0.305 e. The second-order valence-corrected chi connectivity index (χ2v) is 6.59. The molecule has 2 aromatic heterocycles. The molecular weight excluding hydrogens is 383 g/mol. The first-order chi connectivity index (χ1) is 13.1. The molecule has 1 amide bonds. The van der Waals surface area contributed by atoms with Crippen molar-refractivity contribution in [1.29, 1.82) is 0 Å². The van der Waals surface area contributed by atoms with Crippen LogP contribution in [0.25, 0.3) is 22.2 Å². The number of aromatic nitrogens is 3. The maximum absolute atomic E-state index is 12.9. The Balaban J connectivity index is 1.86. The van der Waals surface area contributed by atoms with Gasteiger partial charge in [-0.15, -0.1) is 0 Å². The lowest BCUT2D eigenvalue weighted by Crippen LogP contribution is -2.14. The summed E-state index contributed by atoms with van der Waals surface area (Å²) in [7, 11) is 0. The van der Waals surface area contributed by atoms with E-state index in [0.717, 1.165) is 5.56 Å². The van der Waals surface area contributed by atoms with Gasteiger partial charge in [0.15, 0.2) is 5.82 Å². The van der Waals surface area contributed by atoms with Crippen molar-refractivity contribution in [2.24, 2.45) is 0 Å². The van der Waals surface area contributed by atoms with E-state index in [0.29, 0.717) is 38.0 Å². The number of hydrogen-bond acceptors (Lipinski definition) is 4. The van der Waals surface area contributed by atoms with Gasteiger partial charge in [-0.2, -0.15) is 0 Å². The van der Waals surface area contributed by atoms with E-state index in [-0.39, 0.29) is 5.91 Å². The molecule has 0 saturated heterocycles. The molecule has 2 aromatic carbocycles. The molecule has 132 valence electrons. The summed E-state index contributed by atoms with van der Waals surface area (Å²) >= 11 is 12.3. The summed E-state index contributed by atoms with van der Waals surface area (Å²) in [6.45, 7) is 0. The van der Waals surface area contributed by atoms with Crippen molar-refractivity contribution in [2.75, 3.05) is 5.32 Å². The van der Waals surface area contributed by atoms with Crippen LogP contribution in [0.4, 0.5) is 5.82 Å². The van der Waals surface area contributed by atoms with E-state index in [1.165, 1.54) is 18.6 Å². The molecule has 4 aromatic rings. The van der Waals surface area contributed by atoms with Crippen LogP contribution < -0.4 is 5.32 Å². The van der Waals surface area contributed by atoms with Crippen LogP contribution >= 0.6 is 23.2 Å². The fourth-order valence-electron chi connectivity index (χ4n) is 2.72. The molecule has 0 bridgehead atoms. The quantitative estimate of drug-likeness (QED) is 0.515. The smallest absolute Gasteiger partial charge is 0.257 e. The van der Waals surface area contributed by atoms with Gasteiger partial charge in [0.2, 0.25) is 0 Å². The van der Waals surface area contributed by atoms with Crippen LogP contribution in [0, 0.1) is 0 Å². The number of fused-ring (bicyclic) bond motifs is 1. The van der Waals surface area contributed by atoms with Crippen LogP contribution in [0.15, 0.2) is 67.1 Å². The molecule has 27 heavy (non-hydrogen) atoms. The fourth-order valence-corrected chi connectivity index (χ4v) is 3.06. The number of pyridine rings is 1. The lowest BCUT2D eigenvalue weighted by atomic mass is 10.0. The average Bonchev–Trinajstić information content (AvgIpc) is 2.69. The van der Waals surface area contributed by atoms with Crippen LogP contribution in [0.1, 0.15) is 10.4 Å². The Kier molecular flexibility index (Phi) is 4.71. The van der Waals surface area contributed by atoms with Gasteiger partial charge in [-0.05, 0) is 24.3 Å². The Morgan fingerprint density at radius 1 is 1.00 bits per heavy atom. The highest BCUT2D eigenvalue weighted by molar-refractivity contribution is 6.35. The van der Waals surface area contributed by atoms with Crippen LogP contribution in [0.2, 0.25) is 10.0 Å². The first-order valence-electron chi connectivity index (χ1n) is 8.04. The van der Waals surface area contributed by atoms with Gasteiger partial charge in [0.25, 0.3) is 5.91 Å². The zero-order valence-corrected chi connectivity index (χ0v) is 15.4. The molecule has 0 aliphatic carbocycles. The highest BCUT2D eigenvalue weighted by Gasteiger charge is 2.16. The third kappa shape index (κ3) is 3.60. The molecule has 2 heterocycles. The van der Waals surface area contributed by atoms with Crippen LogP contribution in [-0.4, -0.2) is 20.9 Å². The Morgan fingerprint density at radius 2 is 1.81 bits per heavy atom. The van der Waals surface area contributed by atoms with Crippen molar-refractivity contribution in [3.63, 3.8) is 0 Å². The largest absolute Gasteiger partial charge is 0.305 e. The van der Waals surface area contributed by atoms with E-state index in [1.807, 2.05) is 18.2 Å². The van der Waals surface area contributed by atoms with E-state index >= 15 is 0 Å². The van der Waals surface area contributed by atoms with Crippen LogP contribution in [0.5, 0.6) is 0 Å². The molecular formula is C20H12Cl2N4O. The summed E-state index contributed by atoms with van der Waals surface area (Å²) in [6.07, 6.45) is 4.53. The molecule has 0 atom stereocenters. The van der Waals surface area contributed by atoms with E-state index in [2.05, 4.69) is 20.3 Å². The predicted molar refractivity (Wildman–Crippen MR) is 107 cm³/mol. The zero-order valence-electron chi connectivity index (χ0n) is 13.9. The molecule has 0 unspecified atom stereocenters. The SMILES string of the molecule is O=C(Nc1cnccn1)c1cc(-c2ccc(Cl)cc2)nc2c(Cl)cccc12. The van der Waals surface area contributed by atoms with Crippen molar-refractivity contribution in [3.05, 3.63) is 82.7 Å². The number of rotatable bonds is 3. The van der Waals surface area contributed by atoms with Gasteiger partial charge < -0.3 is 5.32 Å². The Hall–Kier alpha value is -3.02. The minimum absolute atomic E-state index is 0.319. The number of nitrogens with one attached hydrogen (secondary N) is 1. The van der Waals surface area contributed by atoms with E-state index in [9.17, 15) is 4.79 Å². The standard InChI is InChI=1S/C20H12Cl2N4O/c21-13-6-4-12(5-7-13)17-10-15(14-2-1-3-16(22)19(14)25-17)20(27)26-18-11-23-8-9-24-18/h1-11H,(H,24,26,27). The first-order valence-corrected chi connectivity index (χ1v) is 8.80. The van der Waals surface area contributed by atoms with Crippen molar-refractivity contribution in [2.45, 2.75) is 0 Å². The lowest BCUT2D eigenvalue weighted by Gasteiger charge is -2.11. The summed E-state index contributed by atoms with van der Waals surface area (Å²) in [5, 5.41) is 4.50. The molecule has 1 N–H and O–H groups in total. The maximum atomic E-state index is 12.9. The van der Waals surface area contributed by atoms with E-state index < -0.39 is 0 Å². The van der Waals surface area contributed by atoms with Crippen molar-refractivity contribution < 1.29 is 4.79 Å². The number of anilines is 1. The number of hydrogen-bond donors (Lipinski definition) is 1. The zero-order chi connectivity index (χ0) is 18.8. The second-order valence-electron chi connectivity index (χ2n) is 5.74. The number of carbonyl (C=O) groups excluding carboxylic acids is 1. The Labute approximate surface area is 165 Å². The van der Waals surface area contributed by atoms with Crippen LogP contribution in [0.3, 0.4) is 0 Å². The summed E-state index contributed by atoms with van der Waals surface area (Å²) < 4.78 is 0. The van der Waals surface area contributed by atoms with E-state index in [1.54, 1.807) is 30.3 Å². The third-order valence-electron chi connectivity index (χ3n) is 3.98. The van der Waals surface area contributed by atoms with Crippen molar-refractivity contribution in [1.82, 2.24) is 15.0 Å². The third-order valence-corrected chi connectivity index (χ3v) is 4.54. The second kappa shape index (κ2) is 7.31. The van der Waals surface area contributed by atoms with Gasteiger partial charge in [0.05, 0.1) is 28.0 Å². The minimum atomic E-state index is -0.319. The fraction of sp³-hybridized carbons (Fsp3) is 0. The Morgan fingerprint density at radius 3 is 2.56 bits per heavy atom. The molecule has 0 saturated carbocycles. The van der Waals surface area contributed by atoms with E-state index in [4.69, 9.17) is 23.2 Å². The van der Waals surface area contributed by atoms with Gasteiger partial charge in [0.1, 0.15) is 0 Å². The highest BCUT2D eigenvalue weighted by atomic mass is 35.5. The predicted octanol–water partition coefficient (Wildman–Crippen LogP) is 5.25. The molecule has 0 aliphatic rings. The summed E-state index contributed by atoms with van der Waals surface area (Å²) in [6, 6.07) is 14.3. The molecule has 7 heteroatoms. The Bertz CT molecular complexity index is 1130. The molecule has 0 spiro atoms. The average molecular weight is 395 g/mol. The summed E-state index contributed by atoms with van der Waals surface area (Å²) in [5.41, 5.74) is 2.44. The number of amides is 1. The molecule has 4 rings (SSSR count). The molecule has 5 nitrogen and oxygen atoms in total. The summed E-state index contributed by atoms with van der Waals surface area (Å²) in [5.74, 6) is 0.0444. The number of halogens is 2. The molecule has 0 fully saturated rings. The van der Waals surface area contributed by atoms with Gasteiger partial charge >= 0.3 is 0 Å². The highest BCUT2D eigenvalue weighted by Crippen LogP contribution is 2.30.